The van der Waals surface area contributed by atoms with E-state index in [0.717, 1.165) is 30.2 Å². The summed E-state index contributed by atoms with van der Waals surface area (Å²) >= 11 is 0. The van der Waals surface area contributed by atoms with Gasteiger partial charge in [0.1, 0.15) is 17.6 Å². The second-order valence-corrected chi connectivity index (χ2v) is 8.44. The highest BCUT2D eigenvalue weighted by Crippen LogP contribution is 2.35. The molecule has 2 aliphatic heterocycles. The first-order valence-electron chi connectivity index (χ1n) is 10.4. The number of nitrogens with zero attached hydrogens (tertiary/aromatic N) is 5. The maximum atomic E-state index is 12.9. The van der Waals surface area contributed by atoms with Crippen LogP contribution in [0.2, 0.25) is 0 Å². The molecule has 10 heteroatoms. The summed E-state index contributed by atoms with van der Waals surface area (Å²) < 4.78 is 44.5. The highest BCUT2D eigenvalue weighted by atomic mass is 19.4. The van der Waals surface area contributed by atoms with Crippen molar-refractivity contribution in [3.8, 4) is 5.88 Å². The average Bonchev–Trinajstić information content (AvgIpc) is 3.39. The van der Waals surface area contributed by atoms with Crippen molar-refractivity contribution in [2.24, 2.45) is 5.92 Å². The smallest absolute Gasteiger partial charge is 0.433 e. The molecule has 1 amide bonds. The zero-order chi connectivity index (χ0) is 21.8. The normalized spacial score (nSPS) is 18.7. The van der Waals surface area contributed by atoms with Gasteiger partial charge in [0.25, 0.3) is 0 Å². The molecule has 7 nitrogen and oxygen atoms in total. The number of hydrogen-bond acceptors (Lipinski definition) is 6. The highest BCUT2D eigenvalue weighted by molar-refractivity contribution is 5.77. The molecule has 0 atom stereocenters. The van der Waals surface area contributed by atoms with Crippen molar-refractivity contribution in [2.45, 2.75) is 51.6 Å². The topological polar surface area (TPSA) is 71.5 Å². The number of carbonyl (C=O) groups is 1. The molecule has 164 valence electrons. The molecule has 2 fully saturated rings. The van der Waals surface area contributed by atoms with Crippen LogP contribution in [0.15, 0.2) is 18.3 Å². The van der Waals surface area contributed by atoms with Crippen molar-refractivity contribution >= 4 is 11.6 Å². The van der Waals surface area contributed by atoms with Crippen molar-refractivity contribution < 1.29 is 22.7 Å². The third kappa shape index (κ3) is 4.15. The van der Waals surface area contributed by atoms with Crippen LogP contribution in [0.3, 0.4) is 0 Å². The van der Waals surface area contributed by atoms with E-state index in [1.807, 2.05) is 11.8 Å². The molecule has 1 aliphatic carbocycles. The number of aryl methyl sites for hydroxylation is 1. The molecule has 0 N–H and O–H groups in total. The third-order valence-corrected chi connectivity index (χ3v) is 5.83. The molecule has 2 aromatic rings. The summed E-state index contributed by atoms with van der Waals surface area (Å²) in [5.74, 6) is 1.35. The number of carbonyl (C=O) groups excluding carboxylic acids is 1. The van der Waals surface area contributed by atoms with E-state index in [2.05, 4.69) is 15.0 Å². The van der Waals surface area contributed by atoms with E-state index < -0.39 is 11.9 Å². The number of pyridine rings is 1. The van der Waals surface area contributed by atoms with E-state index in [1.54, 1.807) is 11.0 Å². The quantitative estimate of drug-likeness (QED) is 0.722. The van der Waals surface area contributed by atoms with E-state index in [1.165, 1.54) is 6.20 Å². The Hall–Kier alpha value is -2.91. The summed E-state index contributed by atoms with van der Waals surface area (Å²) in [7, 11) is 0. The van der Waals surface area contributed by atoms with Gasteiger partial charge in [-0.1, -0.05) is 0 Å². The van der Waals surface area contributed by atoms with Crippen LogP contribution in [0.5, 0.6) is 5.88 Å². The number of ether oxygens (including phenoxy) is 1. The molecule has 2 aromatic heterocycles. The van der Waals surface area contributed by atoms with E-state index in [9.17, 15) is 18.0 Å². The molecule has 5 rings (SSSR count). The molecular formula is C21H22F3N5O2. The summed E-state index contributed by atoms with van der Waals surface area (Å²) in [6.07, 6.45) is -0.670. The minimum atomic E-state index is -4.47. The van der Waals surface area contributed by atoms with Gasteiger partial charge in [-0.15, -0.1) is 0 Å². The van der Waals surface area contributed by atoms with Crippen LogP contribution in [-0.4, -0.2) is 45.0 Å². The Bertz CT molecular complexity index is 1020. The van der Waals surface area contributed by atoms with Crippen LogP contribution in [-0.2, 0) is 24.1 Å². The molecule has 1 saturated heterocycles. The zero-order valence-corrected chi connectivity index (χ0v) is 17.0. The molecule has 3 aliphatic rings. The Labute approximate surface area is 177 Å². The maximum absolute atomic E-state index is 12.9. The molecule has 0 aromatic carbocycles. The second-order valence-electron chi connectivity index (χ2n) is 8.44. The van der Waals surface area contributed by atoms with Gasteiger partial charge >= 0.3 is 6.18 Å². The summed E-state index contributed by atoms with van der Waals surface area (Å²) in [6, 6.07) is 2.62. The molecule has 4 heterocycles. The number of alkyl halides is 3. The number of amides is 1. The van der Waals surface area contributed by atoms with Gasteiger partial charge in [-0.25, -0.2) is 4.98 Å². The molecule has 0 bridgehead atoms. The van der Waals surface area contributed by atoms with Crippen LogP contribution in [0.25, 0.3) is 0 Å². The van der Waals surface area contributed by atoms with Gasteiger partial charge in [0, 0.05) is 37.3 Å². The van der Waals surface area contributed by atoms with Gasteiger partial charge in [0.2, 0.25) is 11.8 Å². The lowest BCUT2D eigenvalue weighted by Gasteiger charge is -2.41. The molecular weight excluding hydrogens is 411 g/mol. The van der Waals surface area contributed by atoms with E-state index >= 15 is 0 Å². The summed E-state index contributed by atoms with van der Waals surface area (Å²) in [6.45, 7) is 3.78. The predicted octanol–water partition coefficient (Wildman–Crippen LogP) is 3.11. The number of halogens is 3. The number of fused-ring (bicyclic) bond motifs is 1. The van der Waals surface area contributed by atoms with Gasteiger partial charge in [-0.3, -0.25) is 9.78 Å². The first kappa shape index (κ1) is 20.0. The van der Waals surface area contributed by atoms with E-state index in [0.29, 0.717) is 50.0 Å². The average molecular weight is 433 g/mol. The van der Waals surface area contributed by atoms with Crippen LogP contribution in [0, 0.1) is 12.8 Å². The monoisotopic (exact) mass is 433 g/mol. The number of hydrogen-bond donors (Lipinski definition) is 0. The lowest BCUT2D eigenvalue weighted by molar-refractivity contribution is -0.141. The largest absolute Gasteiger partial charge is 0.474 e. The minimum absolute atomic E-state index is 0.0170. The Morgan fingerprint density at radius 2 is 2.00 bits per heavy atom. The lowest BCUT2D eigenvalue weighted by Crippen LogP contribution is -2.48. The Morgan fingerprint density at radius 1 is 1.23 bits per heavy atom. The fraction of sp³-hybridized carbons (Fsp3) is 0.524. The maximum Gasteiger partial charge on any atom is 0.433 e. The summed E-state index contributed by atoms with van der Waals surface area (Å²) in [5.41, 5.74) is 1.30. The van der Waals surface area contributed by atoms with Crippen molar-refractivity contribution in [1.29, 1.82) is 0 Å². The van der Waals surface area contributed by atoms with E-state index in [-0.39, 0.29) is 17.9 Å². The van der Waals surface area contributed by atoms with Crippen LogP contribution in [0.1, 0.15) is 42.0 Å². The van der Waals surface area contributed by atoms with Gasteiger partial charge in [0.05, 0.1) is 24.3 Å². The molecule has 0 spiro atoms. The number of aromatic nitrogens is 3. The molecule has 1 saturated carbocycles. The van der Waals surface area contributed by atoms with Crippen molar-refractivity contribution in [1.82, 2.24) is 19.9 Å². The Kier molecular flexibility index (Phi) is 4.75. The molecule has 0 radical (unpaired) electrons. The first-order valence-corrected chi connectivity index (χ1v) is 10.4. The predicted molar refractivity (Wildman–Crippen MR) is 104 cm³/mol. The SMILES string of the molecule is Cc1nc2c(c(OC3CC3)n1)CN(C(=O)CC1CN(c3ccnc(C(F)(F)F)c3)C1)C2. The van der Waals surface area contributed by atoms with Gasteiger partial charge in [0.15, 0.2) is 0 Å². The Morgan fingerprint density at radius 3 is 2.71 bits per heavy atom. The van der Waals surface area contributed by atoms with Crippen LogP contribution < -0.4 is 9.64 Å². The van der Waals surface area contributed by atoms with Crippen molar-refractivity contribution in [3.05, 3.63) is 41.1 Å². The number of rotatable bonds is 5. The first-order chi connectivity index (χ1) is 14.8. The fourth-order valence-electron chi connectivity index (χ4n) is 4.02. The van der Waals surface area contributed by atoms with E-state index in [4.69, 9.17) is 4.74 Å². The van der Waals surface area contributed by atoms with Crippen LogP contribution >= 0.6 is 0 Å². The third-order valence-electron chi connectivity index (χ3n) is 5.83. The highest BCUT2D eigenvalue weighted by Gasteiger charge is 2.37. The van der Waals surface area contributed by atoms with Crippen LogP contribution in [0.4, 0.5) is 18.9 Å². The second kappa shape index (κ2) is 7.35. The number of anilines is 1. The van der Waals surface area contributed by atoms with Gasteiger partial charge in [-0.05, 0) is 31.9 Å². The Balaban J connectivity index is 1.18. The summed E-state index contributed by atoms with van der Waals surface area (Å²) in [5, 5.41) is 0. The minimum Gasteiger partial charge on any atom is -0.474 e. The lowest BCUT2D eigenvalue weighted by atomic mass is 9.95. The van der Waals surface area contributed by atoms with Crippen molar-refractivity contribution in [3.63, 3.8) is 0 Å². The molecule has 0 unspecified atom stereocenters. The molecule has 31 heavy (non-hydrogen) atoms. The standard InChI is InChI=1S/C21H22F3N5O2/c1-12-26-17-11-29(10-16(17)20(27-12)31-15-2-3-15)19(30)6-13-8-28(9-13)14-4-5-25-18(7-14)21(22,23)24/h4-5,7,13,15H,2-3,6,8-11H2,1H3. The van der Waals surface area contributed by atoms with Crippen molar-refractivity contribution in [2.75, 3.05) is 18.0 Å². The fourth-order valence-corrected chi connectivity index (χ4v) is 4.02. The zero-order valence-electron chi connectivity index (χ0n) is 17.0. The summed E-state index contributed by atoms with van der Waals surface area (Å²) in [4.78, 5) is 28.7. The van der Waals surface area contributed by atoms with Gasteiger partial charge in [-0.2, -0.15) is 18.2 Å². The van der Waals surface area contributed by atoms with Gasteiger partial charge < -0.3 is 14.5 Å².